The maximum Gasteiger partial charge on any atom is 0.315 e. The number of halogens is 1. The number of hydrogen-bond donors (Lipinski definition) is 3. The van der Waals surface area contributed by atoms with Crippen molar-refractivity contribution in [2.75, 3.05) is 14.2 Å². The lowest BCUT2D eigenvalue weighted by molar-refractivity contribution is -0.386. The van der Waals surface area contributed by atoms with E-state index in [-0.39, 0.29) is 23.4 Å². The number of aliphatic hydroxyl groups excluding tert-OH is 1. The fraction of sp³-hybridized carbons (Fsp3) is 0.158. The zero-order valence-corrected chi connectivity index (χ0v) is 15.8. The van der Waals surface area contributed by atoms with Crippen molar-refractivity contribution >= 4 is 17.4 Å². The lowest BCUT2D eigenvalue weighted by atomic mass is 10.1. The summed E-state index contributed by atoms with van der Waals surface area (Å²) < 4.78 is 18.8. The first-order chi connectivity index (χ1) is 14.1. The highest BCUT2D eigenvalue weighted by atomic mass is 19.1. The van der Waals surface area contributed by atoms with E-state index in [4.69, 9.17) is 4.74 Å². The highest BCUT2D eigenvalue weighted by Crippen LogP contribution is 2.38. The SMILES string of the molecule is COc1cc(/C(O)=C(\C#N)C(=O)N(C)Cc2cccc(O)c2F)cc([N+](=O)[O-])c1O. The van der Waals surface area contributed by atoms with Crippen LogP contribution >= 0.6 is 0 Å². The number of aliphatic hydroxyl groups is 1. The lowest BCUT2D eigenvalue weighted by Crippen LogP contribution is -2.28. The molecule has 0 aromatic heterocycles. The van der Waals surface area contributed by atoms with Crippen LogP contribution in [0.4, 0.5) is 10.1 Å². The normalized spacial score (nSPS) is 11.3. The third-order valence-corrected chi connectivity index (χ3v) is 4.12. The molecule has 3 N–H and O–H groups in total. The van der Waals surface area contributed by atoms with Crippen molar-refractivity contribution < 1.29 is 34.2 Å². The summed E-state index contributed by atoms with van der Waals surface area (Å²) in [5.41, 5.74) is -1.95. The van der Waals surface area contributed by atoms with Crippen molar-refractivity contribution in [3.05, 3.63) is 63.0 Å². The van der Waals surface area contributed by atoms with Crippen LogP contribution in [0.1, 0.15) is 11.1 Å². The van der Waals surface area contributed by atoms with Crippen molar-refractivity contribution in [1.29, 1.82) is 5.26 Å². The molecular weight excluding hydrogens is 401 g/mol. The molecule has 2 rings (SSSR count). The Morgan fingerprint density at radius 1 is 1.37 bits per heavy atom. The number of nitriles is 1. The van der Waals surface area contributed by atoms with Gasteiger partial charge in [0.15, 0.2) is 22.9 Å². The molecule has 0 fully saturated rings. The Morgan fingerprint density at radius 2 is 2.03 bits per heavy atom. The number of methoxy groups -OCH3 is 1. The number of nitrogens with zero attached hydrogens (tertiary/aromatic N) is 3. The van der Waals surface area contributed by atoms with E-state index >= 15 is 0 Å². The minimum Gasteiger partial charge on any atom is -0.506 e. The van der Waals surface area contributed by atoms with Crippen LogP contribution in [0.3, 0.4) is 0 Å². The molecule has 10 nitrogen and oxygen atoms in total. The van der Waals surface area contributed by atoms with Crippen LogP contribution in [-0.4, -0.2) is 45.2 Å². The Labute approximate surface area is 169 Å². The predicted octanol–water partition coefficient (Wildman–Crippen LogP) is 2.60. The number of carbonyl (C=O) groups is 1. The number of nitro benzene ring substituents is 1. The molecule has 2 aromatic carbocycles. The van der Waals surface area contributed by atoms with Crippen molar-refractivity contribution in [3.8, 4) is 23.3 Å². The summed E-state index contributed by atoms with van der Waals surface area (Å²) in [5.74, 6) is -4.61. The van der Waals surface area contributed by atoms with Crippen molar-refractivity contribution in [3.63, 3.8) is 0 Å². The number of phenols is 2. The fourth-order valence-corrected chi connectivity index (χ4v) is 2.58. The highest BCUT2D eigenvalue weighted by Gasteiger charge is 2.26. The number of nitro groups is 1. The first-order valence-electron chi connectivity index (χ1n) is 8.23. The highest BCUT2D eigenvalue weighted by molar-refractivity contribution is 6.03. The van der Waals surface area contributed by atoms with Gasteiger partial charge in [-0.3, -0.25) is 14.9 Å². The van der Waals surface area contributed by atoms with Gasteiger partial charge in [-0.1, -0.05) is 12.1 Å². The van der Waals surface area contributed by atoms with E-state index in [1.807, 2.05) is 0 Å². The number of likely N-dealkylation sites (N-methyl/N-ethyl adjacent to an activating group) is 1. The molecule has 0 saturated carbocycles. The van der Waals surface area contributed by atoms with Crippen LogP contribution in [0.15, 0.2) is 35.9 Å². The summed E-state index contributed by atoms with van der Waals surface area (Å²) in [5, 5.41) is 50.1. The van der Waals surface area contributed by atoms with Crippen LogP contribution in [0, 0.1) is 27.3 Å². The molecule has 0 radical (unpaired) electrons. The van der Waals surface area contributed by atoms with E-state index in [1.165, 1.54) is 25.2 Å². The average molecular weight is 417 g/mol. The van der Waals surface area contributed by atoms with Gasteiger partial charge >= 0.3 is 5.69 Å². The zero-order valence-electron chi connectivity index (χ0n) is 15.8. The van der Waals surface area contributed by atoms with Gasteiger partial charge in [-0.15, -0.1) is 0 Å². The Morgan fingerprint density at radius 3 is 2.60 bits per heavy atom. The molecule has 2 aromatic rings. The van der Waals surface area contributed by atoms with Gasteiger partial charge in [0, 0.05) is 30.8 Å². The van der Waals surface area contributed by atoms with E-state index in [0.29, 0.717) is 0 Å². The van der Waals surface area contributed by atoms with Crippen LogP contribution in [0.5, 0.6) is 17.2 Å². The summed E-state index contributed by atoms with van der Waals surface area (Å²) in [6.45, 7) is -0.337. The second-order valence-corrected chi connectivity index (χ2v) is 6.05. The van der Waals surface area contributed by atoms with E-state index < -0.39 is 45.2 Å². The molecule has 0 aliphatic rings. The number of carbonyl (C=O) groups excluding carboxylic acids is 1. The predicted molar refractivity (Wildman–Crippen MR) is 101 cm³/mol. The number of hydrogen-bond acceptors (Lipinski definition) is 8. The number of ether oxygens (including phenoxy) is 1. The largest absolute Gasteiger partial charge is 0.506 e. The molecule has 156 valence electrons. The summed E-state index contributed by atoms with van der Waals surface area (Å²) in [6, 6.07) is 7.11. The number of phenolic OH excluding ortho intramolecular Hbond substituents is 2. The summed E-state index contributed by atoms with van der Waals surface area (Å²) in [7, 11) is 2.35. The first-order valence-corrected chi connectivity index (χ1v) is 8.23. The summed E-state index contributed by atoms with van der Waals surface area (Å²) in [6.07, 6.45) is 0. The van der Waals surface area contributed by atoms with Gasteiger partial charge in [0.2, 0.25) is 5.75 Å². The third kappa shape index (κ3) is 4.22. The molecule has 0 heterocycles. The van der Waals surface area contributed by atoms with Crippen LogP contribution in [-0.2, 0) is 11.3 Å². The van der Waals surface area contributed by atoms with E-state index in [0.717, 1.165) is 30.2 Å². The molecule has 1 amide bonds. The topological polar surface area (TPSA) is 157 Å². The molecule has 0 saturated heterocycles. The Balaban J connectivity index is 2.47. The van der Waals surface area contributed by atoms with Crippen molar-refractivity contribution in [2.45, 2.75) is 6.54 Å². The molecule has 0 unspecified atom stereocenters. The van der Waals surface area contributed by atoms with Gasteiger partial charge in [-0.25, -0.2) is 4.39 Å². The average Bonchev–Trinajstić information content (AvgIpc) is 2.71. The molecule has 0 atom stereocenters. The first kappa shape index (κ1) is 22.0. The quantitative estimate of drug-likeness (QED) is 0.213. The summed E-state index contributed by atoms with van der Waals surface area (Å²) >= 11 is 0. The lowest BCUT2D eigenvalue weighted by Gasteiger charge is -2.18. The molecule has 0 aliphatic carbocycles. The minimum atomic E-state index is -1.01. The third-order valence-electron chi connectivity index (χ3n) is 4.12. The van der Waals surface area contributed by atoms with Crippen molar-refractivity contribution in [1.82, 2.24) is 4.90 Å². The van der Waals surface area contributed by atoms with E-state index in [2.05, 4.69) is 0 Å². The van der Waals surface area contributed by atoms with Crippen LogP contribution in [0.2, 0.25) is 0 Å². The van der Waals surface area contributed by atoms with Gasteiger partial charge in [-0.05, 0) is 12.1 Å². The molecular formula is C19H16FN3O7. The number of amides is 1. The number of rotatable bonds is 6. The van der Waals surface area contributed by atoms with Gasteiger partial charge in [-0.2, -0.15) is 5.26 Å². The molecule has 0 bridgehead atoms. The molecule has 11 heteroatoms. The fourth-order valence-electron chi connectivity index (χ4n) is 2.58. The molecule has 0 spiro atoms. The standard InChI is InChI=1S/C19H16FN3O7/c1-22(9-10-4-3-5-14(24)16(10)20)19(27)12(8-21)17(25)11-6-13(23(28)29)18(26)15(7-11)30-2/h3-7,24-26H,9H2,1-2H3/b17-12-. The maximum atomic E-state index is 14.0. The second kappa shape index (κ2) is 8.78. The van der Waals surface area contributed by atoms with Gasteiger partial charge < -0.3 is 25.0 Å². The maximum absolute atomic E-state index is 14.0. The zero-order chi connectivity index (χ0) is 22.6. The van der Waals surface area contributed by atoms with Crippen LogP contribution < -0.4 is 4.74 Å². The Bertz CT molecular complexity index is 1090. The minimum absolute atomic E-state index is 0.0374. The molecule has 30 heavy (non-hydrogen) atoms. The van der Waals surface area contributed by atoms with Gasteiger partial charge in [0.1, 0.15) is 11.8 Å². The Kier molecular flexibility index (Phi) is 6.43. The van der Waals surface area contributed by atoms with Crippen molar-refractivity contribution in [2.24, 2.45) is 0 Å². The Hall–Kier alpha value is -4.33. The molecule has 0 aliphatic heterocycles. The monoisotopic (exact) mass is 417 g/mol. The number of aromatic hydroxyl groups is 2. The van der Waals surface area contributed by atoms with E-state index in [1.54, 1.807) is 0 Å². The summed E-state index contributed by atoms with van der Waals surface area (Å²) in [4.78, 5) is 23.7. The van der Waals surface area contributed by atoms with Gasteiger partial charge in [0.05, 0.1) is 12.0 Å². The number of benzene rings is 2. The second-order valence-electron chi connectivity index (χ2n) is 6.05. The van der Waals surface area contributed by atoms with Gasteiger partial charge in [0.25, 0.3) is 5.91 Å². The van der Waals surface area contributed by atoms with E-state index in [9.17, 15) is 39.9 Å². The van der Waals surface area contributed by atoms with Crippen LogP contribution in [0.25, 0.3) is 5.76 Å². The smallest absolute Gasteiger partial charge is 0.315 e.